The maximum Gasteiger partial charge on any atom is 0.255 e. The van der Waals surface area contributed by atoms with Gasteiger partial charge in [-0.25, -0.2) is 4.98 Å². The molecule has 2 aromatic carbocycles. The van der Waals surface area contributed by atoms with Crippen LogP contribution in [0.5, 0.6) is 11.5 Å². The molecule has 6 heteroatoms. The minimum absolute atomic E-state index is 0.216. The van der Waals surface area contributed by atoms with Gasteiger partial charge in [0.1, 0.15) is 0 Å². The number of benzene rings is 2. The Morgan fingerprint density at radius 1 is 1.08 bits per heavy atom. The van der Waals surface area contributed by atoms with Gasteiger partial charge < -0.3 is 14.8 Å². The molecule has 0 bridgehead atoms. The third-order valence-electron chi connectivity index (χ3n) is 3.49. The summed E-state index contributed by atoms with van der Waals surface area (Å²) in [6.45, 7) is 0. The Bertz CT molecular complexity index is 847. The van der Waals surface area contributed by atoms with Crippen LogP contribution in [0.25, 0.3) is 11.3 Å². The Hall–Kier alpha value is -2.86. The van der Waals surface area contributed by atoms with Gasteiger partial charge in [0.05, 0.1) is 25.4 Å². The second-order valence-electron chi connectivity index (χ2n) is 4.98. The number of rotatable bonds is 5. The fraction of sp³-hybridized carbons (Fsp3) is 0.111. The summed E-state index contributed by atoms with van der Waals surface area (Å²) in [5, 5.41) is 4.86. The number of nitrogens with one attached hydrogen (secondary N) is 1. The summed E-state index contributed by atoms with van der Waals surface area (Å²) in [6.07, 6.45) is 0. The van der Waals surface area contributed by atoms with Crippen molar-refractivity contribution >= 4 is 22.9 Å². The molecular weight excluding hydrogens is 324 g/mol. The Labute approximate surface area is 143 Å². The van der Waals surface area contributed by atoms with E-state index in [1.807, 2.05) is 29.6 Å². The number of nitrogens with zero attached hydrogens (tertiary/aromatic N) is 1. The summed E-state index contributed by atoms with van der Waals surface area (Å²) in [4.78, 5) is 16.7. The molecule has 0 saturated heterocycles. The Balaban J connectivity index is 1.81. The maximum absolute atomic E-state index is 12.5. The van der Waals surface area contributed by atoms with Crippen LogP contribution >= 0.6 is 11.3 Å². The summed E-state index contributed by atoms with van der Waals surface area (Å²) < 4.78 is 10.4. The van der Waals surface area contributed by atoms with Gasteiger partial charge in [-0.1, -0.05) is 12.1 Å². The summed E-state index contributed by atoms with van der Waals surface area (Å²) in [5.74, 6) is 0.882. The van der Waals surface area contributed by atoms with Gasteiger partial charge in [0.2, 0.25) is 0 Å². The van der Waals surface area contributed by atoms with Crippen LogP contribution in [-0.4, -0.2) is 25.1 Å². The van der Waals surface area contributed by atoms with Crippen molar-refractivity contribution in [1.82, 2.24) is 4.98 Å². The van der Waals surface area contributed by atoms with E-state index in [0.717, 1.165) is 11.3 Å². The van der Waals surface area contributed by atoms with Gasteiger partial charge in [-0.2, -0.15) is 0 Å². The van der Waals surface area contributed by atoms with Crippen LogP contribution < -0.4 is 14.8 Å². The number of aromatic nitrogens is 1. The summed E-state index contributed by atoms with van der Waals surface area (Å²) in [5.41, 5.74) is 4.83. The molecule has 5 nitrogen and oxygen atoms in total. The molecule has 0 fully saturated rings. The van der Waals surface area contributed by atoms with E-state index in [-0.39, 0.29) is 5.91 Å². The number of hydrogen-bond donors (Lipinski definition) is 1. The van der Waals surface area contributed by atoms with Gasteiger partial charge in [0.15, 0.2) is 11.5 Å². The number of hydrogen-bond acceptors (Lipinski definition) is 5. The Morgan fingerprint density at radius 3 is 2.62 bits per heavy atom. The average molecular weight is 340 g/mol. The molecule has 0 radical (unpaired) electrons. The lowest BCUT2D eigenvalue weighted by Crippen LogP contribution is -2.12. The molecule has 1 N–H and O–H groups in total. The fourth-order valence-corrected chi connectivity index (χ4v) is 2.85. The molecule has 0 unspecified atom stereocenters. The highest BCUT2D eigenvalue weighted by atomic mass is 32.1. The molecule has 24 heavy (non-hydrogen) atoms. The van der Waals surface area contributed by atoms with Crippen molar-refractivity contribution in [2.45, 2.75) is 0 Å². The molecule has 122 valence electrons. The minimum atomic E-state index is -0.216. The quantitative estimate of drug-likeness (QED) is 0.760. The average Bonchev–Trinajstić information content (AvgIpc) is 3.16. The van der Waals surface area contributed by atoms with Crippen LogP contribution in [-0.2, 0) is 0 Å². The van der Waals surface area contributed by atoms with Crippen LogP contribution in [0.15, 0.2) is 53.4 Å². The van der Waals surface area contributed by atoms with Crippen LogP contribution in [0.2, 0.25) is 0 Å². The standard InChI is InChI=1S/C18H16N2O3S/c1-22-16-7-6-13(9-17(16)23-2)18(21)20-14-5-3-4-12(8-14)15-10-24-11-19-15/h3-11H,1-2H3,(H,20,21). The van der Waals surface area contributed by atoms with E-state index in [9.17, 15) is 4.79 Å². The molecule has 0 atom stereocenters. The second kappa shape index (κ2) is 7.14. The van der Waals surface area contributed by atoms with Crippen molar-refractivity contribution in [2.24, 2.45) is 0 Å². The van der Waals surface area contributed by atoms with E-state index in [0.29, 0.717) is 22.7 Å². The molecule has 1 heterocycles. The van der Waals surface area contributed by atoms with Crippen molar-refractivity contribution < 1.29 is 14.3 Å². The zero-order valence-corrected chi connectivity index (χ0v) is 14.1. The van der Waals surface area contributed by atoms with Crippen molar-refractivity contribution in [2.75, 3.05) is 19.5 Å². The van der Waals surface area contributed by atoms with Crippen LogP contribution in [0.1, 0.15) is 10.4 Å². The number of carbonyl (C=O) groups is 1. The molecule has 0 saturated carbocycles. The molecule has 0 aliphatic rings. The van der Waals surface area contributed by atoms with Gasteiger partial charge in [0.25, 0.3) is 5.91 Å². The van der Waals surface area contributed by atoms with Gasteiger partial charge in [-0.05, 0) is 30.3 Å². The predicted octanol–water partition coefficient (Wildman–Crippen LogP) is 4.08. The van der Waals surface area contributed by atoms with E-state index in [1.54, 1.807) is 30.8 Å². The molecule has 0 spiro atoms. The highest BCUT2D eigenvalue weighted by Crippen LogP contribution is 2.28. The first-order chi connectivity index (χ1) is 11.7. The van der Waals surface area contributed by atoms with Crippen molar-refractivity contribution in [3.8, 4) is 22.8 Å². The van der Waals surface area contributed by atoms with Gasteiger partial charge in [-0.3, -0.25) is 4.79 Å². The monoisotopic (exact) mass is 340 g/mol. The van der Waals surface area contributed by atoms with Crippen molar-refractivity contribution in [3.63, 3.8) is 0 Å². The van der Waals surface area contributed by atoms with Gasteiger partial charge in [-0.15, -0.1) is 11.3 Å². The largest absolute Gasteiger partial charge is 0.493 e. The smallest absolute Gasteiger partial charge is 0.255 e. The molecule has 0 aliphatic carbocycles. The van der Waals surface area contributed by atoms with Crippen LogP contribution in [0.3, 0.4) is 0 Å². The molecule has 3 aromatic rings. The number of methoxy groups -OCH3 is 2. The third kappa shape index (κ3) is 3.38. The van der Waals surface area contributed by atoms with E-state index in [4.69, 9.17) is 9.47 Å². The molecule has 1 aromatic heterocycles. The summed E-state index contributed by atoms with van der Waals surface area (Å²) in [7, 11) is 3.10. The first kappa shape index (κ1) is 16.0. The zero-order chi connectivity index (χ0) is 16.9. The SMILES string of the molecule is COc1ccc(C(=O)Nc2cccc(-c3cscn3)c2)cc1OC. The number of anilines is 1. The Kier molecular flexibility index (Phi) is 4.77. The lowest BCUT2D eigenvalue weighted by Gasteiger charge is -2.10. The number of amides is 1. The van der Waals surface area contributed by atoms with Crippen molar-refractivity contribution in [3.05, 3.63) is 58.9 Å². The van der Waals surface area contributed by atoms with Gasteiger partial charge >= 0.3 is 0 Å². The summed E-state index contributed by atoms with van der Waals surface area (Å²) >= 11 is 1.53. The minimum Gasteiger partial charge on any atom is -0.493 e. The Morgan fingerprint density at radius 2 is 1.92 bits per heavy atom. The molecule has 0 aliphatic heterocycles. The lowest BCUT2D eigenvalue weighted by molar-refractivity contribution is 0.102. The topological polar surface area (TPSA) is 60.5 Å². The van der Waals surface area contributed by atoms with E-state index in [2.05, 4.69) is 10.3 Å². The maximum atomic E-state index is 12.5. The molecular formula is C18H16N2O3S. The predicted molar refractivity (Wildman–Crippen MR) is 95.0 cm³/mol. The summed E-state index contributed by atoms with van der Waals surface area (Å²) in [6, 6.07) is 12.6. The zero-order valence-electron chi connectivity index (χ0n) is 13.3. The third-order valence-corrected chi connectivity index (χ3v) is 4.08. The lowest BCUT2D eigenvalue weighted by atomic mass is 10.1. The van der Waals surface area contributed by atoms with E-state index in [1.165, 1.54) is 18.4 Å². The fourth-order valence-electron chi connectivity index (χ4n) is 2.29. The first-order valence-electron chi connectivity index (χ1n) is 7.23. The highest BCUT2D eigenvalue weighted by molar-refractivity contribution is 7.07. The van der Waals surface area contributed by atoms with Crippen LogP contribution in [0.4, 0.5) is 5.69 Å². The number of ether oxygens (including phenoxy) is 2. The number of thiazole rings is 1. The molecule has 1 amide bonds. The second-order valence-corrected chi connectivity index (χ2v) is 5.70. The first-order valence-corrected chi connectivity index (χ1v) is 8.17. The normalized spacial score (nSPS) is 10.2. The van der Waals surface area contributed by atoms with Crippen LogP contribution in [0, 0.1) is 0 Å². The van der Waals surface area contributed by atoms with Gasteiger partial charge in [0, 0.05) is 22.2 Å². The highest BCUT2D eigenvalue weighted by Gasteiger charge is 2.11. The van der Waals surface area contributed by atoms with Crippen molar-refractivity contribution in [1.29, 1.82) is 0 Å². The molecule has 3 rings (SSSR count). The van der Waals surface area contributed by atoms with E-state index < -0.39 is 0 Å². The van der Waals surface area contributed by atoms with E-state index >= 15 is 0 Å². The number of carbonyl (C=O) groups excluding carboxylic acids is 1.